The maximum Gasteiger partial charge on any atom is 0.292 e. The van der Waals surface area contributed by atoms with E-state index >= 15 is 0 Å². The van der Waals surface area contributed by atoms with Crippen LogP contribution in [0, 0.1) is 11.7 Å². The lowest BCUT2D eigenvalue weighted by Gasteiger charge is -2.45. The van der Waals surface area contributed by atoms with E-state index in [9.17, 15) is 41.1 Å². The summed E-state index contributed by atoms with van der Waals surface area (Å²) >= 11 is 0. The first-order chi connectivity index (χ1) is 19.5. The van der Waals surface area contributed by atoms with Crippen molar-refractivity contribution < 1.29 is 41.1 Å². The van der Waals surface area contributed by atoms with E-state index in [1.54, 1.807) is 6.92 Å². The average molecular weight is 600 g/mol. The minimum absolute atomic E-state index is 0.0249. The molecule has 2 rings (SSSR count). The average Bonchev–Trinajstić information content (AvgIpc) is 2.91. The van der Waals surface area contributed by atoms with Gasteiger partial charge in [0.25, 0.3) is 24.2 Å². The molecule has 232 valence electrons. The fourth-order valence-corrected chi connectivity index (χ4v) is 4.89. The van der Waals surface area contributed by atoms with Gasteiger partial charge in [0, 0.05) is 36.7 Å². The van der Waals surface area contributed by atoms with Gasteiger partial charge in [0.2, 0.25) is 11.7 Å². The van der Waals surface area contributed by atoms with Crippen LogP contribution in [-0.4, -0.2) is 42.0 Å². The maximum absolute atomic E-state index is 13.8. The number of rotatable bonds is 13. The van der Waals surface area contributed by atoms with Gasteiger partial charge in [0.15, 0.2) is 0 Å². The van der Waals surface area contributed by atoms with Crippen LogP contribution in [0.25, 0.3) is 0 Å². The minimum Gasteiger partial charge on any atom is -0.357 e. The molecule has 0 aliphatic heterocycles. The second kappa shape index (κ2) is 14.1. The van der Waals surface area contributed by atoms with Crippen LogP contribution in [0.1, 0.15) is 85.1 Å². The topological polar surface area (TPSA) is 104 Å². The highest BCUT2D eigenvalue weighted by molar-refractivity contribution is 6.43. The van der Waals surface area contributed by atoms with E-state index in [2.05, 4.69) is 29.8 Å². The van der Waals surface area contributed by atoms with E-state index < -0.39 is 65.6 Å². The van der Waals surface area contributed by atoms with E-state index in [1.165, 1.54) is 20.9 Å². The Morgan fingerprint density at radius 1 is 1.00 bits per heavy atom. The monoisotopic (exact) mass is 599 g/mol. The molecule has 3 N–H and O–H groups in total. The number of likely N-dealkylation sites (N-methyl/N-ethyl adjacent to an activating group) is 1. The van der Waals surface area contributed by atoms with Crippen molar-refractivity contribution in [3.63, 3.8) is 0 Å². The Balaban J connectivity index is 2.43. The molecular weight excluding hydrogens is 561 g/mol. The SMILES string of the molecule is CCC(C)CCC/C(C)=C(C(=O)Nc1ccc(F)c(C(F)F)c1)/C(C)=C(\C)C(=O)C(=O)NC1(C(=O)NC)CC(F)(F)C1. The number of carbonyl (C=O) groups is 4. The third-order valence-electron chi connectivity index (χ3n) is 7.71. The summed E-state index contributed by atoms with van der Waals surface area (Å²) < 4.78 is 67.5. The van der Waals surface area contributed by atoms with E-state index in [0.717, 1.165) is 31.0 Å². The van der Waals surface area contributed by atoms with E-state index in [-0.39, 0.29) is 22.4 Å². The molecule has 1 atom stereocenters. The Kier molecular flexibility index (Phi) is 11.6. The van der Waals surface area contributed by atoms with Gasteiger partial charge >= 0.3 is 0 Å². The highest BCUT2D eigenvalue weighted by Crippen LogP contribution is 2.45. The highest BCUT2D eigenvalue weighted by atomic mass is 19.3. The lowest BCUT2D eigenvalue weighted by atomic mass is 9.72. The fraction of sp³-hybridized carbons (Fsp3) is 0.533. The first kappa shape index (κ1) is 34.6. The number of carbonyl (C=O) groups excluding carboxylic acids is 4. The summed E-state index contributed by atoms with van der Waals surface area (Å²) in [4.78, 5) is 51.7. The quantitative estimate of drug-likeness (QED) is 0.109. The smallest absolute Gasteiger partial charge is 0.292 e. The molecule has 0 heterocycles. The second-order valence-corrected chi connectivity index (χ2v) is 11.0. The Morgan fingerprint density at radius 3 is 2.14 bits per heavy atom. The van der Waals surface area contributed by atoms with Crippen molar-refractivity contribution in [3.8, 4) is 0 Å². The third-order valence-corrected chi connectivity index (χ3v) is 7.71. The molecule has 0 aromatic heterocycles. The van der Waals surface area contributed by atoms with Crippen LogP contribution in [0.3, 0.4) is 0 Å². The molecular formula is C30H38F5N3O4. The summed E-state index contributed by atoms with van der Waals surface area (Å²) in [6.07, 6.45) is -2.10. The lowest BCUT2D eigenvalue weighted by molar-refractivity contribution is -0.166. The number of amides is 3. The summed E-state index contributed by atoms with van der Waals surface area (Å²) in [5.74, 6) is -7.96. The van der Waals surface area contributed by atoms with Crippen molar-refractivity contribution in [1.82, 2.24) is 10.6 Å². The molecule has 1 aliphatic carbocycles. The van der Waals surface area contributed by atoms with Crippen LogP contribution in [0.4, 0.5) is 27.6 Å². The standard InChI is InChI=1S/C30H38F5N3O4/c1-7-16(2)9-8-10-17(3)23(26(40)37-20-11-12-22(31)21(13-20)25(32)33)18(4)19(5)24(39)27(41)38-29(28(42)36-6)14-30(34,35)15-29/h11-13,16,25H,7-10,14-15H2,1-6H3,(H,36,42)(H,37,40)(H,38,41)/b19-18+,23-17-. The van der Waals surface area contributed by atoms with E-state index in [4.69, 9.17) is 0 Å². The Labute approximate surface area is 242 Å². The van der Waals surface area contributed by atoms with Crippen LogP contribution >= 0.6 is 0 Å². The largest absolute Gasteiger partial charge is 0.357 e. The van der Waals surface area contributed by atoms with Crippen molar-refractivity contribution in [2.24, 2.45) is 5.92 Å². The molecule has 7 nitrogen and oxygen atoms in total. The van der Waals surface area contributed by atoms with Crippen LogP contribution in [0.2, 0.25) is 0 Å². The molecule has 1 saturated carbocycles. The number of anilines is 1. The number of ketones is 1. The predicted octanol–water partition coefficient (Wildman–Crippen LogP) is 6.17. The molecule has 12 heteroatoms. The van der Waals surface area contributed by atoms with Gasteiger partial charge in [-0.1, -0.05) is 32.3 Å². The predicted molar refractivity (Wildman–Crippen MR) is 148 cm³/mol. The minimum atomic E-state index is -3.19. The van der Waals surface area contributed by atoms with Crippen molar-refractivity contribution in [2.75, 3.05) is 12.4 Å². The zero-order valence-electron chi connectivity index (χ0n) is 24.7. The summed E-state index contributed by atoms with van der Waals surface area (Å²) in [5.41, 5.74) is -2.46. The summed E-state index contributed by atoms with van der Waals surface area (Å²) in [6, 6.07) is 2.73. The van der Waals surface area contributed by atoms with Crippen LogP contribution < -0.4 is 16.0 Å². The number of hydrogen-bond acceptors (Lipinski definition) is 4. The molecule has 1 aromatic carbocycles. The Morgan fingerprint density at radius 2 is 1.62 bits per heavy atom. The number of benzene rings is 1. The van der Waals surface area contributed by atoms with Crippen molar-refractivity contribution >= 4 is 29.2 Å². The second-order valence-electron chi connectivity index (χ2n) is 11.0. The lowest BCUT2D eigenvalue weighted by Crippen LogP contribution is -2.69. The Hall–Kier alpha value is -3.57. The van der Waals surface area contributed by atoms with Crippen LogP contribution in [0.5, 0.6) is 0 Å². The van der Waals surface area contributed by atoms with Crippen molar-refractivity contribution in [3.05, 3.63) is 51.9 Å². The zero-order chi connectivity index (χ0) is 32.0. The number of halogens is 5. The third kappa shape index (κ3) is 8.25. The van der Waals surface area contributed by atoms with Gasteiger partial charge in [-0.25, -0.2) is 22.0 Å². The molecule has 1 aromatic rings. The van der Waals surface area contributed by atoms with Crippen LogP contribution in [-0.2, 0) is 19.2 Å². The first-order valence-corrected chi connectivity index (χ1v) is 13.7. The molecule has 0 saturated heterocycles. The highest BCUT2D eigenvalue weighted by Gasteiger charge is 2.61. The van der Waals surface area contributed by atoms with Gasteiger partial charge in [0.05, 0.1) is 5.56 Å². The molecule has 0 radical (unpaired) electrons. The van der Waals surface area contributed by atoms with Crippen LogP contribution in [0.15, 0.2) is 40.5 Å². The summed E-state index contributed by atoms with van der Waals surface area (Å²) in [5, 5.41) is 6.83. The molecule has 1 aliphatic rings. The van der Waals surface area contributed by atoms with Gasteiger partial charge in [-0.3, -0.25) is 19.2 Å². The van der Waals surface area contributed by atoms with E-state index in [1.807, 2.05) is 0 Å². The summed E-state index contributed by atoms with van der Waals surface area (Å²) in [7, 11) is 1.22. The van der Waals surface area contributed by atoms with E-state index in [0.29, 0.717) is 24.3 Å². The number of Topliss-reactive ketones (excluding diaryl/α,β-unsaturated/α-hetero) is 1. The van der Waals surface area contributed by atoms with Gasteiger partial charge < -0.3 is 16.0 Å². The summed E-state index contributed by atoms with van der Waals surface area (Å²) in [6.45, 7) is 8.51. The Bertz CT molecular complexity index is 1280. The normalized spacial score (nSPS) is 17.3. The van der Waals surface area contributed by atoms with Gasteiger partial charge in [-0.05, 0) is 63.3 Å². The molecule has 3 amide bonds. The molecule has 1 fully saturated rings. The maximum atomic E-state index is 13.8. The molecule has 0 bridgehead atoms. The van der Waals surface area contributed by atoms with Gasteiger partial charge in [-0.15, -0.1) is 0 Å². The number of allylic oxidation sites excluding steroid dienone is 1. The zero-order valence-corrected chi connectivity index (χ0v) is 24.7. The van der Waals surface area contributed by atoms with Gasteiger partial charge in [-0.2, -0.15) is 0 Å². The first-order valence-electron chi connectivity index (χ1n) is 13.7. The number of alkyl halides is 4. The van der Waals surface area contributed by atoms with Gasteiger partial charge in [0.1, 0.15) is 11.4 Å². The molecule has 1 unspecified atom stereocenters. The molecule has 42 heavy (non-hydrogen) atoms. The molecule has 0 spiro atoms. The number of hydrogen-bond donors (Lipinski definition) is 3. The van der Waals surface area contributed by atoms with Crippen molar-refractivity contribution in [2.45, 2.75) is 91.0 Å². The number of nitrogens with one attached hydrogen (secondary N) is 3. The van der Waals surface area contributed by atoms with Crippen molar-refractivity contribution in [1.29, 1.82) is 0 Å². The fourth-order valence-electron chi connectivity index (χ4n) is 4.89.